The molecule has 0 saturated heterocycles. The van der Waals surface area contributed by atoms with Gasteiger partial charge in [0.1, 0.15) is 0 Å². The first-order valence-corrected chi connectivity index (χ1v) is 9.34. The summed E-state index contributed by atoms with van der Waals surface area (Å²) in [5.41, 5.74) is 0.420. The molecule has 0 aliphatic carbocycles. The normalized spacial score (nSPS) is 12.3. The molecule has 2 heterocycles. The van der Waals surface area contributed by atoms with Crippen LogP contribution in [0, 0.1) is 0 Å². The number of aryl methyl sites for hydroxylation is 1. The molecule has 0 unspecified atom stereocenters. The Morgan fingerprint density at radius 3 is 2.36 bits per heavy atom. The summed E-state index contributed by atoms with van der Waals surface area (Å²) in [6.07, 6.45) is 0.233. The van der Waals surface area contributed by atoms with E-state index in [1.807, 2.05) is 34.6 Å². The predicted molar refractivity (Wildman–Crippen MR) is 82.5 cm³/mol. The van der Waals surface area contributed by atoms with E-state index in [9.17, 15) is 4.57 Å². The first-order chi connectivity index (χ1) is 9.78. The topological polar surface area (TPSA) is 82.7 Å². The van der Waals surface area contributed by atoms with Gasteiger partial charge in [-0.25, -0.2) is 0 Å². The number of nitrogens with two attached hydrogens (primary N) is 1. The second-order valence-corrected chi connectivity index (χ2v) is 7.95. The van der Waals surface area contributed by atoms with Gasteiger partial charge in [0, 0.05) is 16.9 Å². The van der Waals surface area contributed by atoms with Crippen molar-refractivity contribution < 1.29 is 30.7 Å². The molecule has 0 aliphatic heterocycles. The molecule has 0 atom stereocenters. The third-order valence-electron chi connectivity index (χ3n) is 2.66. The van der Waals surface area contributed by atoms with E-state index in [0.717, 1.165) is 0 Å². The highest BCUT2D eigenvalue weighted by Crippen LogP contribution is 2.49. The number of hydrogen-bond acceptors (Lipinski definition) is 6. The third kappa shape index (κ3) is 3.63. The van der Waals surface area contributed by atoms with Crippen LogP contribution in [-0.4, -0.2) is 21.8 Å². The lowest BCUT2D eigenvalue weighted by Gasteiger charge is -2.20. The van der Waals surface area contributed by atoms with E-state index >= 15 is 0 Å². The van der Waals surface area contributed by atoms with Gasteiger partial charge >= 0.3 is 12.6 Å². The molecule has 0 aliphatic rings. The summed E-state index contributed by atoms with van der Waals surface area (Å²) in [7, 11) is -3.46. The van der Waals surface area contributed by atoms with Gasteiger partial charge in [0.2, 0.25) is 5.44 Å². The molecule has 7 nitrogen and oxygen atoms in total. The van der Waals surface area contributed by atoms with Gasteiger partial charge in [-0.15, -0.1) is 4.68 Å². The molecule has 0 spiro atoms. The lowest BCUT2D eigenvalue weighted by molar-refractivity contribution is -0.618. The van der Waals surface area contributed by atoms with Crippen LogP contribution in [0.1, 0.15) is 40.4 Å². The van der Waals surface area contributed by atoms with E-state index in [-0.39, 0.29) is 24.6 Å². The van der Waals surface area contributed by atoms with Crippen LogP contribution in [0.15, 0.2) is 5.38 Å². The molecule has 0 bridgehead atoms. The van der Waals surface area contributed by atoms with Crippen molar-refractivity contribution in [2.24, 2.45) is 0 Å². The molecule has 0 saturated carbocycles. The van der Waals surface area contributed by atoms with E-state index in [4.69, 9.17) is 14.9 Å². The number of nitrogens with zero attached hydrogens (tertiary/aromatic N) is 3. The maximum Gasteiger partial charge on any atom is 0.397 e. The number of hydrogen-bond donors (Lipinski definition) is 1. The van der Waals surface area contributed by atoms with Crippen LogP contribution in [0.5, 0.6) is 0 Å². The Morgan fingerprint density at radius 1 is 1.36 bits per heavy atom. The molecule has 2 aromatic rings. The zero-order valence-electron chi connectivity index (χ0n) is 13.3. The summed E-state index contributed by atoms with van der Waals surface area (Å²) >= 11 is 1.36. The van der Waals surface area contributed by atoms with Crippen LogP contribution in [0.3, 0.4) is 0 Å². The van der Waals surface area contributed by atoms with E-state index in [2.05, 4.69) is 5.10 Å². The van der Waals surface area contributed by atoms with Gasteiger partial charge in [-0.1, -0.05) is 22.8 Å². The third-order valence-corrected chi connectivity index (χ3v) is 6.04. The van der Waals surface area contributed by atoms with Crippen molar-refractivity contribution in [3.8, 4) is 0 Å². The zero-order chi connectivity index (χ0) is 15.8. The highest BCUT2D eigenvalue weighted by molar-refractivity contribution is 7.62. The minimum Gasteiger partial charge on any atom is -1.00 e. The predicted octanol–water partition coefficient (Wildman–Crippen LogP) is -1.37. The molecule has 2 aromatic heterocycles. The van der Waals surface area contributed by atoms with Crippen LogP contribution in [0.2, 0.25) is 0 Å². The maximum atomic E-state index is 13.2. The number of rotatable bonds is 6. The maximum absolute atomic E-state index is 13.2. The summed E-state index contributed by atoms with van der Waals surface area (Å²) in [4.78, 5) is 0.696. The Balaban J connectivity index is 0.00000242. The van der Waals surface area contributed by atoms with Gasteiger partial charge < -0.3 is 21.5 Å². The number of halogens is 1. The number of aromatic nitrogens is 3. The zero-order valence-corrected chi connectivity index (χ0v) is 15.8. The van der Waals surface area contributed by atoms with Crippen LogP contribution in [0.25, 0.3) is 4.96 Å². The molecule has 10 heteroatoms. The molecule has 126 valence electrons. The Morgan fingerprint density at radius 2 is 1.91 bits per heavy atom. The molecule has 2 N–H and O–H groups in total. The van der Waals surface area contributed by atoms with Gasteiger partial charge in [0.25, 0.3) is 5.82 Å². The van der Waals surface area contributed by atoms with Crippen LogP contribution in [-0.2, 0) is 20.0 Å². The highest BCUT2D eigenvalue weighted by Gasteiger charge is 2.39. The van der Waals surface area contributed by atoms with Crippen molar-refractivity contribution in [3.63, 3.8) is 0 Å². The summed E-state index contributed by atoms with van der Waals surface area (Å²) in [6, 6.07) is 0. The van der Waals surface area contributed by atoms with Crippen molar-refractivity contribution in [3.05, 3.63) is 11.2 Å². The van der Waals surface area contributed by atoms with E-state index in [0.29, 0.717) is 22.6 Å². The average molecular weight is 369 g/mol. The smallest absolute Gasteiger partial charge is 0.397 e. The first-order valence-electron chi connectivity index (χ1n) is 6.92. The van der Waals surface area contributed by atoms with E-state index in [1.54, 1.807) is 9.90 Å². The Hall–Kier alpha value is -0.660. The summed E-state index contributed by atoms with van der Waals surface area (Å²) in [6.45, 7) is 9.25. The molecule has 0 fully saturated rings. The van der Waals surface area contributed by atoms with Crippen molar-refractivity contribution in [2.75, 3.05) is 5.84 Å². The minimum atomic E-state index is -3.46. The van der Waals surface area contributed by atoms with Crippen molar-refractivity contribution in [2.45, 2.75) is 53.2 Å². The monoisotopic (exact) mass is 368 g/mol. The van der Waals surface area contributed by atoms with Crippen molar-refractivity contribution >= 4 is 29.3 Å². The second kappa shape index (κ2) is 7.27. The van der Waals surface area contributed by atoms with Crippen LogP contribution in [0.4, 0.5) is 0 Å². The summed E-state index contributed by atoms with van der Waals surface area (Å²) in [5, 5.41) is 6.14. The molecule has 2 rings (SSSR count). The molecule has 0 amide bonds. The van der Waals surface area contributed by atoms with Crippen molar-refractivity contribution in [1.29, 1.82) is 0 Å². The van der Waals surface area contributed by atoms with Crippen LogP contribution < -0.4 is 28.4 Å². The summed E-state index contributed by atoms with van der Waals surface area (Å²) < 4.78 is 27.5. The molecule has 0 aromatic carbocycles. The average Bonchev–Trinajstić information content (AvgIpc) is 2.88. The van der Waals surface area contributed by atoms with Crippen LogP contribution >= 0.6 is 18.9 Å². The number of thiazole rings is 1. The highest BCUT2D eigenvalue weighted by atomic mass is 35.5. The van der Waals surface area contributed by atoms with E-state index < -0.39 is 7.60 Å². The van der Waals surface area contributed by atoms with Gasteiger partial charge in [0.05, 0.1) is 12.2 Å². The lowest BCUT2D eigenvalue weighted by atomic mass is 10.5. The first kappa shape index (κ1) is 19.4. The largest absolute Gasteiger partial charge is 1.00 e. The molecule has 22 heavy (non-hydrogen) atoms. The Bertz CT molecular complexity index is 671. The summed E-state index contributed by atoms with van der Waals surface area (Å²) in [5.74, 6) is 6.69. The fraction of sp³-hybridized carbons (Fsp3) is 0.667. The van der Waals surface area contributed by atoms with Gasteiger partial charge in [-0.3, -0.25) is 10.4 Å². The molecular formula is C12H22ClN4O3PS. The quantitative estimate of drug-likeness (QED) is 0.386. The lowest BCUT2D eigenvalue weighted by Crippen LogP contribution is -3.00. The number of fused-ring (bicyclic) bond motifs is 1. The standard InChI is InChI=1S/C12H22N4O3PS.ClH/c1-6-10-14-16-11(7-21-12(16)15(10)13)20(17,18-8(2)3)19-9(4)5;/h7-9H,6,13H2,1-5H3;1H/q+1;/p-1. The van der Waals surface area contributed by atoms with Gasteiger partial charge in [0.15, 0.2) is 0 Å². The Labute approximate surface area is 140 Å². The minimum absolute atomic E-state index is 0. The molecular weight excluding hydrogens is 347 g/mol. The molecule has 0 radical (unpaired) electrons. The van der Waals surface area contributed by atoms with Gasteiger partial charge in [-0.05, 0) is 27.7 Å². The Kier molecular flexibility index (Phi) is 6.41. The SMILES string of the molecule is CCc1nn2c(P(=O)(OC(C)C)OC(C)C)csc2[n+]1N.[Cl-]. The fourth-order valence-corrected chi connectivity index (χ4v) is 5.20. The van der Waals surface area contributed by atoms with Crippen molar-refractivity contribution in [1.82, 2.24) is 9.61 Å². The van der Waals surface area contributed by atoms with E-state index in [1.165, 1.54) is 16.0 Å². The van der Waals surface area contributed by atoms with Gasteiger partial charge in [-0.2, -0.15) is 0 Å². The second-order valence-electron chi connectivity index (χ2n) is 5.23. The fourth-order valence-electron chi connectivity index (χ4n) is 1.94. The number of nitrogen functional groups attached to an aromatic ring is 1.